The molecule has 0 aliphatic carbocycles. The number of alkyl halides is 3. The lowest BCUT2D eigenvalue weighted by atomic mass is 10.1. The van der Waals surface area contributed by atoms with Gasteiger partial charge in [-0.15, -0.1) is 11.8 Å². The molecule has 0 saturated heterocycles. The molecule has 0 bridgehead atoms. The quantitative estimate of drug-likeness (QED) is 0.197. The summed E-state index contributed by atoms with van der Waals surface area (Å²) in [4.78, 5) is 38.2. The number of thioether (sulfide) groups is 1. The standard InChI is InChI=1S/C24H21F3N6O5S2/c1-13-8-22(34)32-17-9-14(4-6-16(13)17)30-20-11-21(29-12-28-20)31-18-10-15(5-7-19(18)39-3)40(36,37)33(2)38-23(35)24(25,26)27/h4-12H,1-3H3,(H,32,34)(H2,28,29,30,31). The molecule has 210 valence electrons. The van der Waals surface area contributed by atoms with Gasteiger partial charge >= 0.3 is 12.1 Å². The van der Waals surface area contributed by atoms with Crippen molar-refractivity contribution in [3.8, 4) is 0 Å². The maximum Gasteiger partial charge on any atom is 0.492 e. The predicted octanol–water partition coefficient (Wildman–Crippen LogP) is 4.48. The number of nitrogens with one attached hydrogen (secondary N) is 3. The van der Waals surface area contributed by atoms with E-state index < -0.39 is 27.1 Å². The number of carbonyl (C=O) groups excluding carboxylic acids is 1. The monoisotopic (exact) mass is 594 g/mol. The van der Waals surface area contributed by atoms with E-state index in [1.165, 1.54) is 42.4 Å². The van der Waals surface area contributed by atoms with Crippen LogP contribution in [-0.2, 0) is 19.7 Å². The fraction of sp³-hybridized carbons (Fsp3) is 0.167. The largest absolute Gasteiger partial charge is 0.492 e. The maximum absolute atomic E-state index is 12.8. The van der Waals surface area contributed by atoms with E-state index in [1.807, 2.05) is 19.1 Å². The number of benzene rings is 2. The van der Waals surface area contributed by atoms with E-state index in [4.69, 9.17) is 0 Å². The molecule has 0 saturated carbocycles. The second-order valence-corrected chi connectivity index (χ2v) is 11.1. The number of H-pyrrole nitrogens is 1. The van der Waals surface area contributed by atoms with Crippen LogP contribution >= 0.6 is 11.8 Å². The number of halogens is 3. The van der Waals surface area contributed by atoms with Crippen LogP contribution < -0.4 is 16.2 Å². The molecule has 0 amide bonds. The van der Waals surface area contributed by atoms with Gasteiger partial charge in [-0.3, -0.25) is 4.79 Å². The number of hydrogen-bond donors (Lipinski definition) is 3. The molecule has 2 heterocycles. The van der Waals surface area contributed by atoms with Crippen molar-refractivity contribution in [1.82, 2.24) is 19.4 Å². The summed E-state index contributed by atoms with van der Waals surface area (Å²) in [5.41, 5.74) is 2.14. The van der Waals surface area contributed by atoms with Gasteiger partial charge in [0.2, 0.25) is 5.56 Å². The Bertz CT molecular complexity index is 1760. The number of aryl methyl sites for hydroxylation is 1. The number of pyridine rings is 1. The van der Waals surface area contributed by atoms with Crippen molar-refractivity contribution < 1.29 is 31.2 Å². The minimum Gasteiger partial charge on any atom is -0.345 e. The highest BCUT2D eigenvalue weighted by molar-refractivity contribution is 7.98. The van der Waals surface area contributed by atoms with Crippen molar-refractivity contribution in [3.63, 3.8) is 0 Å². The second kappa shape index (κ2) is 11.1. The summed E-state index contributed by atoms with van der Waals surface area (Å²) in [6, 6.07) is 12.3. The van der Waals surface area contributed by atoms with Crippen LogP contribution in [0.3, 0.4) is 0 Å². The zero-order valence-electron chi connectivity index (χ0n) is 21.0. The van der Waals surface area contributed by atoms with Crippen molar-refractivity contribution in [3.05, 3.63) is 70.8 Å². The second-order valence-electron chi connectivity index (χ2n) is 8.27. The third-order valence-corrected chi connectivity index (χ3v) is 7.90. The first-order chi connectivity index (χ1) is 18.8. The van der Waals surface area contributed by atoms with Crippen molar-refractivity contribution in [2.24, 2.45) is 0 Å². The Balaban J connectivity index is 1.58. The average molecular weight is 595 g/mol. The van der Waals surface area contributed by atoms with E-state index in [-0.39, 0.29) is 21.5 Å². The topological polar surface area (TPSA) is 146 Å². The highest BCUT2D eigenvalue weighted by Crippen LogP contribution is 2.32. The minimum absolute atomic E-state index is 0.147. The predicted molar refractivity (Wildman–Crippen MR) is 143 cm³/mol. The van der Waals surface area contributed by atoms with Crippen LogP contribution in [0.25, 0.3) is 10.9 Å². The molecule has 3 N–H and O–H groups in total. The lowest BCUT2D eigenvalue weighted by Crippen LogP contribution is -2.36. The van der Waals surface area contributed by atoms with Crippen LogP contribution in [0.2, 0.25) is 0 Å². The van der Waals surface area contributed by atoms with Gasteiger partial charge in [0.15, 0.2) is 0 Å². The van der Waals surface area contributed by atoms with Crippen LogP contribution in [0.15, 0.2) is 69.4 Å². The summed E-state index contributed by atoms with van der Waals surface area (Å²) >= 11 is 1.27. The van der Waals surface area contributed by atoms with Crippen molar-refractivity contribution in [2.45, 2.75) is 22.9 Å². The number of nitrogens with zero attached hydrogens (tertiary/aromatic N) is 3. The zero-order chi connectivity index (χ0) is 29.2. The molecule has 0 spiro atoms. The van der Waals surface area contributed by atoms with E-state index >= 15 is 0 Å². The molecule has 2 aromatic heterocycles. The van der Waals surface area contributed by atoms with Crippen molar-refractivity contribution >= 4 is 61.7 Å². The number of aromatic amines is 1. The molecule has 0 radical (unpaired) electrons. The molecule has 0 aliphatic heterocycles. The highest BCUT2D eigenvalue weighted by Gasteiger charge is 2.43. The van der Waals surface area contributed by atoms with E-state index in [2.05, 4.69) is 30.4 Å². The SMILES string of the molecule is CSc1ccc(S(=O)(=O)N(C)OC(=O)C(F)(F)F)cc1Nc1cc(Nc2ccc3c(C)cc(=O)[nH]c3c2)ncn1. The Morgan fingerprint density at radius 2 is 1.75 bits per heavy atom. The fourth-order valence-electron chi connectivity index (χ4n) is 3.60. The molecular formula is C24H21F3N6O5S2. The number of carbonyl (C=O) groups is 1. The Morgan fingerprint density at radius 3 is 2.42 bits per heavy atom. The first-order valence-electron chi connectivity index (χ1n) is 11.2. The number of sulfonamides is 1. The third kappa shape index (κ3) is 6.35. The summed E-state index contributed by atoms with van der Waals surface area (Å²) in [5, 5.41) is 6.97. The molecule has 11 nitrogen and oxygen atoms in total. The van der Waals surface area contributed by atoms with Gasteiger partial charge < -0.3 is 20.5 Å². The molecule has 2 aromatic carbocycles. The number of hydroxylamine groups is 1. The number of aromatic nitrogens is 3. The highest BCUT2D eigenvalue weighted by atomic mass is 32.2. The van der Waals surface area contributed by atoms with Crippen molar-refractivity contribution in [2.75, 3.05) is 23.9 Å². The van der Waals surface area contributed by atoms with Gasteiger partial charge in [-0.05, 0) is 53.5 Å². The first kappa shape index (κ1) is 28.8. The molecule has 16 heteroatoms. The lowest BCUT2D eigenvalue weighted by molar-refractivity contribution is -0.219. The number of hydrogen-bond acceptors (Lipinski definition) is 10. The molecule has 4 rings (SSSR count). The van der Waals surface area contributed by atoms with Gasteiger partial charge in [0.05, 0.1) is 16.1 Å². The molecule has 0 aliphatic rings. The molecule has 40 heavy (non-hydrogen) atoms. The Hall–Kier alpha value is -4.15. The molecule has 0 fully saturated rings. The normalized spacial score (nSPS) is 12.0. The number of fused-ring (bicyclic) bond motifs is 1. The Labute approximate surface area is 229 Å². The van der Waals surface area contributed by atoms with Crippen molar-refractivity contribution in [1.29, 1.82) is 0 Å². The van der Waals surface area contributed by atoms with Gasteiger partial charge in [-0.25, -0.2) is 23.2 Å². The lowest BCUT2D eigenvalue weighted by Gasteiger charge is -2.18. The molecule has 0 atom stereocenters. The summed E-state index contributed by atoms with van der Waals surface area (Å²) in [7, 11) is -3.96. The van der Waals surface area contributed by atoms with Crippen LogP contribution in [0.5, 0.6) is 0 Å². The van der Waals surface area contributed by atoms with E-state index in [0.29, 0.717) is 29.0 Å². The van der Waals surface area contributed by atoms with Gasteiger partial charge in [-0.1, -0.05) is 6.07 Å². The molecular weight excluding hydrogens is 573 g/mol. The van der Waals surface area contributed by atoms with Crippen LogP contribution in [0.1, 0.15) is 5.56 Å². The van der Waals surface area contributed by atoms with E-state index in [0.717, 1.165) is 10.9 Å². The average Bonchev–Trinajstić information content (AvgIpc) is 2.88. The van der Waals surface area contributed by atoms with E-state index in [9.17, 15) is 31.2 Å². The summed E-state index contributed by atoms with van der Waals surface area (Å²) in [6.45, 7) is 1.84. The van der Waals surface area contributed by atoms with Gasteiger partial charge in [0.25, 0.3) is 10.0 Å². The Kier molecular flexibility index (Phi) is 8.04. The molecule has 4 aromatic rings. The van der Waals surface area contributed by atoms with Gasteiger partial charge in [-0.2, -0.15) is 13.2 Å². The number of rotatable bonds is 8. The maximum atomic E-state index is 12.8. The fourth-order valence-corrected chi connectivity index (χ4v) is 5.11. The van der Waals surface area contributed by atoms with Gasteiger partial charge in [0.1, 0.15) is 18.0 Å². The Morgan fingerprint density at radius 1 is 1.05 bits per heavy atom. The smallest absolute Gasteiger partial charge is 0.345 e. The summed E-state index contributed by atoms with van der Waals surface area (Å²) < 4.78 is 63.0. The molecule has 0 unspecified atom stereocenters. The summed E-state index contributed by atoms with van der Waals surface area (Å²) in [5.74, 6) is -2.03. The first-order valence-corrected chi connectivity index (χ1v) is 13.9. The van der Waals surface area contributed by atoms with Gasteiger partial charge in [0, 0.05) is 35.1 Å². The van der Waals surface area contributed by atoms with Crippen LogP contribution in [-0.4, -0.2) is 53.3 Å². The number of anilines is 4. The van der Waals surface area contributed by atoms with Crippen LogP contribution in [0.4, 0.5) is 36.2 Å². The summed E-state index contributed by atoms with van der Waals surface area (Å²) in [6.07, 6.45) is -2.37. The minimum atomic E-state index is -5.37. The third-order valence-electron chi connectivity index (χ3n) is 5.50. The zero-order valence-corrected chi connectivity index (χ0v) is 22.7. The van der Waals surface area contributed by atoms with E-state index in [1.54, 1.807) is 18.4 Å². The van der Waals surface area contributed by atoms with Crippen LogP contribution in [0, 0.1) is 6.92 Å².